The average molecular weight is 228 g/mol. The molecule has 0 aromatic heterocycles. The first kappa shape index (κ1) is 15.5. The third kappa shape index (κ3) is 8.75. The summed E-state index contributed by atoms with van der Waals surface area (Å²) in [4.78, 5) is 11.4. The Morgan fingerprint density at radius 3 is 2.25 bits per heavy atom. The number of carbonyl (C=O) groups is 1. The molecule has 0 amide bonds. The SMILES string of the molecule is CCCCCC[C@@H](CC)OC(=O)CCCC. The minimum atomic E-state index is -0.0100. The van der Waals surface area contributed by atoms with Crippen molar-refractivity contribution < 1.29 is 9.53 Å². The molecule has 96 valence electrons. The van der Waals surface area contributed by atoms with Crippen LogP contribution >= 0.6 is 0 Å². The lowest BCUT2D eigenvalue weighted by atomic mass is 10.1. The summed E-state index contributed by atoms with van der Waals surface area (Å²) in [5.74, 6) is -0.0100. The Kier molecular flexibility index (Phi) is 10.6. The van der Waals surface area contributed by atoms with Crippen molar-refractivity contribution in [3.63, 3.8) is 0 Å². The summed E-state index contributed by atoms with van der Waals surface area (Å²) in [5, 5.41) is 0. The largest absolute Gasteiger partial charge is 0.462 e. The molecule has 0 unspecified atom stereocenters. The molecule has 2 heteroatoms. The van der Waals surface area contributed by atoms with Crippen molar-refractivity contribution in [2.45, 2.75) is 84.7 Å². The first-order valence-electron chi connectivity index (χ1n) is 6.94. The van der Waals surface area contributed by atoms with Crippen molar-refractivity contribution in [3.8, 4) is 0 Å². The number of ether oxygens (including phenoxy) is 1. The molecule has 0 N–H and O–H groups in total. The second-order valence-electron chi connectivity index (χ2n) is 4.47. The van der Waals surface area contributed by atoms with Crippen LogP contribution in [-0.4, -0.2) is 12.1 Å². The fourth-order valence-corrected chi connectivity index (χ4v) is 1.71. The molecule has 0 aromatic carbocycles. The zero-order valence-electron chi connectivity index (χ0n) is 11.3. The fraction of sp³-hybridized carbons (Fsp3) is 0.929. The number of carbonyl (C=O) groups excluding carboxylic acids is 1. The van der Waals surface area contributed by atoms with Gasteiger partial charge in [-0.1, -0.05) is 46.5 Å². The topological polar surface area (TPSA) is 26.3 Å². The van der Waals surface area contributed by atoms with Crippen molar-refractivity contribution in [1.82, 2.24) is 0 Å². The number of unbranched alkanes of at least 4 members (excludes halogenated alkanes) is 4. The van der Waals surface area contributed by atoms with Crippen molar-refractivity contribution in [3.05, 3.63) is 0 Å². The van der Waals surface area contributed by atoms with Crippen LogP contribution in [0, 0.1) is 0 Å². The standard InChI is InChI=1S/C14H28O2/c1-4-7-9-10-11-13(6-3)16-14(15)12-8-5-2/h13H,4-12H2,1-3H3/t13-/m1/s1. The van der Waals surface area contributed by atoms with Gasteiger partial charge in [-0.05, 0) is 25.7 Å². The van der Waals surface area contributed by atoms with Gasteiger partial charge in [-0.2, -0.15) is 0 Å². The lowest BCUT2D eigenvalue weighted by molar-refractivity contribution is -0.149. The number of rotatable bonds is 10. The van der Waals surface area contributed by atoms with E-state index in [1.54, 1.807) is 0 Å². The highest BCUT2D eigenvalue weighted by molar-refractivity contribution is 5.69. The minimum Gasteiger partial charge on any atom is -0.462 e. The Morgan fingerprint density at radius 1 is 1.00 bits per heavy atom. The van der Waals surface area contributed by atoms with Gasteiger partial charge in [-0.3, -0.25) is 4.79 Å². The third-order valence-electron chi connectivity index (χ3n) is 2.87. The maximum absolute atomic E-state index is 11.4. The molecule has 0 fully saturated rings. The molecule has 2 nitrogen and oxygen atoms in total. The highest BCUT2D eigenvalue weighted by Crippen LogP contribution is 2.12. The van der Waals surface area contributed by atoms with Gasteiger partial charge in [0.05, 0.1) is 0 Å². The minimum absolute atomic E-state index is 0.0100. The van der Waals surface area contributed by atoms with E-state index in [1.165, 1.54) is 25.7 Å². The highest BCUT2D eigenvalue weighted by Gasteiger charge is 2.11. The summed E-state index contributed by atoms with van der Waals surface area (Å²) in [7, 11) is 0. The molecule has 0 saturated heterocycles. The van der Waals surface area contributed by atoms with E-state index in [9.17, 15) is 4.79 Å². The van der Waals surface area contributed by atoms with E-state index in [-0.39, 0.29) is 12.1 Å². The van der Waals surface area contributed by atoms with Crippen LogP contribution in [0.15, 0.2) is 0 Å². The fourth-order valence-electron chi connectivity index (χ4n) is 1.71. The third-order valence-corrected chi connectivity index (χ3v) is 2.87. The van der Waals surface area contributed by atoms with Crippen molar-refractivity contribution in [2.24, 2.45) is 0 Å². The normalized spacial score (nSPS) is 12.4. The number of esters is 1. The van der Waals surface area contributed by atoms with E-state index in [0.29, 0.717) is 6.42 Å². The van der Waals surface area contributed by atoms with E-state index < -0.39 is 0 Å². The molecule has 0 spiro atoms. The molecule has 0 heterocycles. The smallest absolute Gasteiger partial charge is 0.306 e. The molecule has 0 saturated carbocycles. The molecule has 16 heavy (non-hydrogen) atoms. The van der Waals surface area contributed by atoms with Gasteiger partial charge in [-0.15, -0.1) is 0 Å². The van der Waals surface area contributed by atoms with Crippen LogP contribution in [0.4, 0.5) is 0 Å². The summed E-state index contributed by atoms with van der Waals surface area (Å²) in [6, 6.07) is 0. The van der Waals surface area contributed by atoms with Gasteiger partial charge in [-0.25, -0.2) is 0 Å². The monoisotopic (exact) mass is 228 g/mol. The van der Waals surface area contributed by atoms with E-state index in [2.05, 4.69) is 20.8 Å². The zero-order chi connectivity index (χ0) is 12.2. The summed E-state index contributed by atoms with van der Waals surface area (Å²) in [5.41, 5.74) is 0. The van der Waals surface area contributed by atoms with E-state index in [4.69, 9.17) is 4.74 Å². The quantitative estimate of drug-likeness (QED) is 0.407. The zero-order valence-corrected chi connectivity index (χ0v) is 11.3. The summed E-state index contributed by atoms with van der Waals surface area (Å²) in [6.07, 6.45) is 9.73. The molecule has 0 aliphatic carbocycles. The Bertz CT molecular complexity index is 166. The Labute approximate surface area is 101 Å². The molecule has 0 bridgehead atoms. The van der Waals surface area contributed by atoms with Gasteiger partial charge >= 0.3 is 5.97 Å². The van der Waals surface area contributed by atoms with Gasteiger partial charge in [0.1, 0.15) is 6.10 Å². The maximum atomic E-state index is 11.4. The number of hydrogen-bond donors (Lipinski definition) is 0. The molecular formula is C14H28O2. The Balaban J connectivity index is 3.60. The highest BCUT2D eigenvalue weighted by atomic mass is 16.5. The van der Waals surface area contributed by atoms with Crippen LogP contribution in [0.2, 0.25) is 0 Å². The van der Waals surface area contributed by atoms with Gasteiger partial charge in [0.2, 0.25) is 0 Å². The van der Waals surface area contributed by atoms with Gasteiger partial charge in [0.15, 0.2) is 0 Å². The van der Waals surface area contributed by atoms with Crippen LogP contribution in [0.25, 0.3) is 0 Å². The Hall–Kier alpha value is -0.530. The van der Waals surface area contributed by atoms with Crippen LogP contribution in [-0.2, 0) is 9.53 Å². The maximum Gasteiger partial charge on any atom is 0.306 e. The van der Waals surface area contributed by atoms with E-state index in [0.717, 1.165) is 25.7 Å². The molecule has 0 rings (SSSR count). The van der Waals surface area contributed by atoms with Crippen molar-refractivity contribution >= 4 is 5.97 Å². The molecular weight excluding hydrogens is 200 g/mol. The lowest BCUT2D eigenvalue weighted by Gasteiger charge is -2.15. The first-order chi connectivity index (χ1) is 7.74. The predicted molar refractivity (Wildman–Crippen MR) is 68.5 cm³/mol. The van der Waals surface area contributed by atoms with Crippen molar-refractivity contribution in [2.75, 3.05) is 0 Å². The average Bonchev–Trinajstić information content (AvgIpc) is 2.30. The lowest BCUT2D eigenvalue weighted by Crippen LogP contribution is -2.17. The molecule has 0 aromatic rings. The predicted octanol–water partition coefficient (Wildman–Crippen LogP) is 4.47. The van der Waals surface area contributed by atoms with E-state index in [1.807, 2.05) is 0 Å². The molecule has 0 aliphatic heterocycles. The van der Waals surface area contributed by atoms with Gasteiger partial charge < -0.3 is 4.74 Å². The van der Waals surface area contributed by atoms with Crippen LogP contribution < -0.4 is 0 Å². The molecule has 1 atom stereocenters. The Morgan fingerprint density at radius 2 is 1.69 bits per heavy atom. The first-order valence-corrected chi connectivity index (χ1v) is 6.94. The summed E-state index contributed by atoms with van der Waals surface area (Å²) < 4.78 is 5.44. The van der Waals surface area contributed by atoms with Crippen LogP contribution in [0.1, 0.15) is 78.6 Å². The van der Waals surface area contributed by atoms with Gasteiger partial charge in [0, 0.05) is 6.42 Å². The van der Waals surface area contributed by atoms with E-state index >= 15 is 0 Å². The summed E-state index contributed by atoms with van der Waals surface area (Å²) >= 11 is 0. The second-order valence-corrected chi connectivity index (χ2v) is 4.47. The number of hydrogen-bond acceptors (Lipinski definition) is 2. The van der Waals surface area contributed by atoms with Gasteiger partial charge in [0.25, 0.3) is 0 Å². The van der Waals surface area contributed by atoms with Crippen LogP contribution in [0.3, 0.4) is 0 Å². The summed E-state index contributed by atoms with van der Waals surface area (Å²) in [6.45, 7) is 6.40. The van der Waals surface area contributed by atoms with Crippen LogP contribution in [0.5, 0.6) is 0 Å². The van der Waals surface area contributed by atoms with Crippen molar-refractivity contribution in [1.29, 1.82) is 0 Å². The second kappa shape index (κ2) is 11.0. The molecule has 0 aliphatic rings. The molecule has 0 radical (unpaired) electrons.